The Hall–Kier alpha value is -0.780. The molecule has 1 aliphatic rings. The Morgan fingerprint density at radius 1 is 1.44 bits per heavy atom. The Kier molecular flexibility index (Phi) is 3.83. The van der Waals surface area contributed by atoms with Gasteiger partial charge in [0.05, 0.1) is 4.75 Å². The molecule has 0 aromatic heterocycles. The number of nitrogens with zero attached hydrogens (tertiary/aromatic N) is 1. The summed E-state index contributed by atoms with van der Waals surface area (Å²) in [7, 11) is -1.38. The predicted octanol–water partition coefficient (Wildman–Crippen LogP) is 0.137. The van der Waals surface area contributed by atoms with Crippen molar-refractivity contribution in [1.82, 2.24) is 10.6 Å². The smallest absolute Gasteiger partial charge is 0.191 e. The number of guanidine groups is 1. The highest BCUT2D eigenvalue weighted by molar-refractivity contribution is 7.92. The minimum Gasteiger partial charge on any atom is -0.355 e. The average molecular weight is 247 g/mol. The van der Waals surface area contributed by atoms with Gasteiger partial charge in [0.2, 0.25) is 0 Å². The maximum absolute atomic E-state index is 11.5. The Balaban J connectivity index is 2.48. The molecule has 0 radical (unpaired) electrons. The maximum Gasteiger partial charge on any atom is 0.191 e. The van der Waals surface area contributed by atoms with E-state index in [0.29, 0.717) is 18.5 Å². The van der Waals surface area contributed by atoms with Gasteiger partial charge in [-0.2, -0.15) is 0 Å². The summed E-state index contributed by atoms with van der Waals surface area (Å²) < 4.78 is 22.2. The fourth-order valence-electron chi connectivity index (χ4n) is 1.04. The van der Waals surface area contributed by atoms with Gasteiger partial charge in [-0.25, -0.2) is 8.42 Å². The van der Waals surface area contributed by atoms with Crippen LogP contribution in [-0.4, -0.2) is 45.0 Å². The second-order valence-electron chi connectivity index (χ2n) is 4.88. The minimum atomic E-state index is -3.06. The van der Waals surface area contributed by atoms with Crippen molar-refractivity contribution in [2.75, 3.05) is 19.8 Å². The zero-order chi connectivity index (χ0) is 12.4. The standard InChI is InChI=1S/C10H21N3O2S/c1-10(2,16(4,14)15)7-12-9(11-3)13-8-5-6-8/h8H,5-7H2,1-4H3,(H2,11,12,13). The van der Waals surface area contributed by atoms with E-state index in [4.69, 9.17) is 0 Å². The number of hydrogen-bond donors (Lipinski definition) is 2. The highest BCUT2D eigenvalue weighted by Crippen LogP contribution is 2.18. The third-order valence-corrected chi connectivity index (χ3v) is 4.98. The summed E-state index contributed by atoms with van der Waals surface area (Å²) in [6.45, 7) is 3.78. The van der Waals surface area contributed by atoms with Crippen molar-refractivity contribution in [1.29, 1.82) is 0 Å². The van der Waals surface area contributed by atoms with Crippen molar-refractivity contribution in [3.8, 4) is 0 Å². The minimum absolute atomic E-state index is 0.359. The van der Waals surface area contributed by atoms with E-state index in [1.54, 1.807) is 20.9 Å². The van der Waals surface area contributed by atoms with Crippen LogP contribution in [0.5, 0.6) is 0 Å². The highest BCUT2D eigenvalue weighted by Gasteiger charge is 2.30. The van der Waals surface area contributed by atoms with Crippen LogP contribution in [0.2, 0.25) is 0 Å². The summed E-state index contributed by atoms with van der Waals surface area (Å²) >= 11 is 0. The molecule has 0 saturated heterocycles. The lowest BCUT2D eigenvalue weighted by Gasteiger charge is -2.24. The van der Waals surface area contributed by atoms with Gasteiger partial charge in [0.25, 0.3) is 0 Å². The molecule has 5 nitrogen and oxygen atoms in total. The van der Waals surface area contributed by atoms with Gasteiger partial charge in [-0.1, -0.05) is 0 Å². The summed E-state index contributed by atoms with van der Waals surface area (Å²) in [5.74, 6) is 0.680. The van der Waals surface area contributed by atoms with Crippen LogP contribution in [0, 0.1) is 0 Å². The Labute approximate surface area is 97.6 Å². The van der Waals surface area contributed by atoms with Crippen LogP contribution in [0.25, 0.3) is 0 Å². The molecule has 2 N–H and O–H groups in total. The fraction of sp³-hybridized carbons (Fsp3) is 0.900. The third kappa shape index (κ3) is 3.66. The second kappa shape index (κ2) is 4.61. The van der Waals surface area contributed by atoms with Gasteiger partial charge in [0.1, 0.15) is 0 Å². The maximum atomic E-state index is 11.5. The van der Waals surface area contributed by atoms with Crippen molar-refractivity contribution in [2.24, 2.45) is 4.99 Å². The lowest BCUT2D eigenvalue weighted by Crippen LogP contribution is -2.48. The zero-order valence-corrected chi connectivity index (χ0v) is 11.2. The molecule has 0 aromatic rings. The van der Waals surface area contributed by atoms with Crippen LogP contribution in [0.1, 0.15) is 26.7 Å². The van der Waals surface area contributed by atoms with Gasteiger partial charge in [-0.05, 0) is 26.7 Å². The number of nitrogens with one attached hydrogen (secondary N) is 2. The van der Waals surface area contributed by atoms with Gasteiger partial charge in [-0.15, -0.1) is 0 Å². The number of rotatable bonds is 4. The van der Waals surface area contributed by atoms with E-state index in [9.17, 15) is 8.42 Å². The lowest BCUT2D eigenvalue weighted by molar-refractivity contribution is 0.544. The SMILES string of the molecule is CN=C(NCC(C)(C)S(C)(=O)=O)NC1CC1. The normalized spacial score (nSPS) is 18.4. The second-order valence-corrected chi connectivity index (χ2v) is 7.53. The van der Waals surface area contributed by atoms with E-state index in [2.05, 4.69) is 15.6 Å². The van der Waals surface area contributed by atoms with E-state index in [-0.39, 0.29) is 0 Å². The molecule has 94 valence electrons. The molecule has 16 heavy (non-hydrogen) atoms. The van der Waals surface area contributed by atoms with Gasteiger partial charge < -0.3 is 10.6 Å². The molecule has 0 atom stereocenters. The van der Waals surface area contributed by atoms with Crippen LogP contribution >= 0.6 is 0 Å². The molecule has 1 aliphatic carbocycles. The van der Waals surface area contributed by atoms with Crippen molar-refractivity contribution < 1.29 is 8.42 Å². The van der Waals surface area contributed by atoms with Crippen LogP contribution in [0.3, 0.4) is 0 Å². The number of aliphatic imine (C=N–C) groups is 1. The van der Waals surface area contributed by atoms with E-state index in [0.717, 1.165) is 12.8 Å². The van der Waals surface area contributed by atoms with Crippen molar-refractivity contribution in [3.05, 3.63) is 0 Å². The molecule has 0 unspecified atom stereocenters. The Morgan fingerprint density at radius 2 is 2.00 bits per heavy atom. The first-order valence-electron chi connectivity index (χ1n) is 5.43. The van der Waals surface area contributed by atoms with Gasteiger partial charge >= 0.3 is 0 Å². The van der Waals surface area contributed by atoms with Gasteiger partial charge in [0.15, 0.2) is 15.8 Å². The Morgan fingerprint density at radius 3 is 2.38 bits per heavy atom. The Bertz CT molecular complexity index is 370. The van der Waals surface area contributed by atoms with Gasteiger partial charge in [0, 0.05) is 25.9 Å². The van der Waals surface area contributed by atoms with E-state index >= 15 is 0 Å². The fourth-order valence-corrected chi connectivity index (χ4v) is 1.38. The average Bonchev–Trinajstić information content (AvgIpc) is 2.94. The van der Waals surface area contributed by atoms with Crippen LogP contribution in [0.4, 0.5) is 0 Å². The number of hydrogen-bond acceptors (Lipinski definition) is 3. The molecule has 1 rings (SSSR count). The summed E-state index contributed by atoms with van der Waals surface area (Å²) in [4.78, 5) is 4.05. The molecule has 1 saturated carbocycles. The topological polar surface area (TPSA) is 70.6 Å². The van der Waals surface area contributed by atoms with E-state index < -0.39 is 14.6 Å². The predicted molar refractivity (Wildman–Crippen MR) is 66.4 cm³/mol. The molecule has 0 aliphatic heterocycles. The summed E-state index contributed by atoms with van der Waals surface area (Å²) in [5, 5.41) is 6.26. The number of sulfone groups is 1. The van der Waals surface area contributed by atoms with E-state index in [1.807, 2.05) is 0 Å². The molecule has 1 fully saturated rings. The summed E-state index contributed by atoms with van der Waals surface area (Å²) in [6.07, 6.45) is 3.58. The van der Waals surface area contributed by atoms with Crippen molar-refractivity contribution in [3.63, 3.8) is 0 Å². The van der Waals surface area contributed by atoms with Crippen LogP contribution in [-0.2, 0) is 9.84 Å². The lowest BCUT2D eigenvalue weighted by atomic mass is 10.2. The van der Waals surface area contributed by atoms with Crippen molar-refractivity contribution >= 4 is 15.8 Å². The first-order valence-corrected chi connectivity index (χ1v) is 7.32. The molecular weight excluding hydrogens is 226 g/mol. The third-order valence-electron chi connectivity index (χ3n) is 2.83. The molecular formula is C10H21N3O2S. The molecule has 0 aromatic carbocycles. The summed E-state index contributed by atoms with van der Waals surface area (Å²) in [6, 6.07) is 0.507. The monoisotopic (exact) mass is 247 g/mol. The largest absolute Gasteiger partial charge is 0.355 e. The van der Waals surface area contributed by atoms with Gasteiger partial charge in [-0.3, -0.25) is 4.99 Å². The molecule has 0 bridgehead atoms. The first kappa shape index (κ1) is 13.3. The summed E-state index contributed by atoms with van der Waals surface area (Å²) in [5.41, 5.74) is 0. The zero-order valence-electron chi connectivity index (χ0n) is 10.4. The van der Waals surface area contributed by atoms with Crippen molar-refractivity contribution in [2.45, 2.75) is 37.5 Å². The molecule has 0 spiro atoms. The van der Waals surface area contributed by atoms with E-state index in [1.165, 1.54) is 6.26 Å². The molecule has 0 heterocycles. The first-order chi connectivity index (χ1) is 7.26. The highest BCUT2D eigenvalue weighted by atomic mass is 32.2. The quantitative estimate of drug-likeness (QED) is 0.547. The molecule has 6 heteroatoms. The van der Waals surface area contributed by atoms with Crippen LogP contribution < -0.4 is 10.6 Å². The van der Waals surface area contributed by atoms with Crippen LogP contribution in [0.15, 0.2) is 4.99 Å². The molecule has 0 amide bonds.